The molecule has 0 aliphatic rings. The fourth-order valence-electron chi connectivity index (χ4n) is 1.37. The minimum atomic E-state index is -0.315. The first-order valence-corrected chi connectivity index (χ1v) is 5.58. The number of nitrogens with one attached hydrogen (secondary N) is 1. The number of aryl methyl sites for hydroxylation is 1. The van der Waals surface area contributed by atoms with Gasteiger partial charge < -0.3 is 0 Å². The molecule has 0 aliphatic carbocycles. The van der Waals surface area contributed by atoms with Gasteiger partial charge in [-0.1, -0.05) is 25.1 Å². The highest BCUT2D eigenvalue weighted by molar-refractivity contribution is 7.71. The minimum absolute atomic E-state index is 0.315. The van der Waals surface area contributed by atoms with Crippen LogP contribution in [0.25, 0.3) is 0 Å². The predicted molar refractivity (Wildman–Crippen MR) is 66.2 cm³/mol. The SMILES string of the molecule is CCc1n[nH]c(=S)n1/N=C/c1ccccc1F. The van der Waals surface area contributed by atoms with Gasteiger partial charge in [0.2, 0.25) is 4.77 Å². The molecule has 2 aromatic rings. The third-order valence-electron chi connectivity index (χ3n) is 2.25. The summed E-state index contributed by atoms with van der Waals surface area (Å²) in [6, 6.07) is 6.42. The number of halogens is 1. The molecule has 17 heavy (non-hydrogen) atoms. The monoisotopic (exact) mass is 250 g/mol. The third kappa shape index (κ3) is 2.47. The number of hydrogen-bond donors (Lipinski definition) is 1. The topological polar surface area (TPSA) is 46.0 Å². The van der Waals surface area contributed by atoms with E-state index in [1.807, 2.05) is 6.92 Å². The Bertz CT molecular complexity index is 600. The molecule has 0 atom stereocenters. The van der Waals surface area contributed by atoms with Crippen LogP contribution in [0, 0.1) is 10.6 Å². The van der Waals surface area contributed by atoms with Gasteiger partial charge in [-0.15, -0.1) is 0 Å². The average Bonchev–Trinajstić information content (AvgIpc) is 2.69. The Kier molecular flexibility index (Phi) is 3.43. The molecule has 0 spiro atoms. The van der Waals surface area contributed by atoms with Gasteiger partial charge in [0.15, 0.2) is 5.82 Å². The molecule has 0 bridgehead atoms. The van der Waals surface area contributed by atoms with E-state index in [0.29, 0.717) is 22.6 Å². The van der Waals surface area contributed by atoms with E-state index >= 15 is 0 Å². The van der Waals surface area contributed by atoms with Gasteiger partial charge in [-0.25, -0.2) is 4.39 Å². The zero-order valence-corrected chi connectivity index (χ0v) is 10.0. The zero-order chi connectivity index (χ0) is 12.3. The van der Waals surface area contributed by atoms with E-state index < -0.39 is 0 Å². The lowest BCUT2D eigenvalue weighted by atomic mass is 10.2. The van der Waals surface area contributed by atoms with E-state index in [1.54, 1.807) is 18.2 Å². The average molecular weight is 250 g/mol. The fraction of sp³-hybridized carbons (Fsp3) is 0.182. The summed E-state index contributed by atoms with van der Waals surface area (Å²) >= 11 is 5.02. The number of nitrogens with zero attached hydrogens (tertiary/aromatic N) is 3. The highest BCUT2D eigenvalue weighted by Gasteiger charge is 2.02. The molecule has 6 heteroatoms. The molecule has 1 N–H and O–H groups in total. The van der Waals surface area contributed by atoms with Crippen LogP contribution in [0.5, 0.6) is 0 Å². The van der Waals surface area contributed by atoms with Crippen molar-refractivity contribution in [3.05, 3.63) is 46.2 Å². The van der Waals surface area contributed by atoms with Gasteiger partial charge in [-0.05, 0) is 18.3 Å². The van der Waals surface area contributed by atoms with E-state index in [4.69, 9.17) is 12.2 Å². The van der Waals surface area contributed by atoms with Crippen LogP contribution in [0.15, 0.2) is 29.4 Å². The summed E-state index contributed by atoms with van der Waals surface area (Å²) in [5, 5.41) is 10.8. The smallest absolute Gasteiger partial charge is 0.216 e. The van der Waals surface area contributed by atoms with Crippen LogP contribution in [-0.4, -0.2) is 21.1 Å². The molecule has 0 fully saturated rings. The Balaban J connectivity index is 2.35. The maximum Gasteiger partial charge on any atom is 0.216 e. The molecule has 0 unspecified atom stereocenters. The van der Waals surface area contributed by atoms with Crippen LogP contribution in [0.2, 0.25) is 0 Å². The number of benzene rings is 1. The second-order valence-electron chi connectivity index (χ2n) is 3.38. The molecule has 0 saturated heterocycles. The normalized spacial score (nSPS) is 11.2. The molecule has 0 radical (unpaired) electrons. The Morgan fingerprint density at radius 1 is 1.53 bits per heavy atom. The number of aromatic nitrogens is 3. The molecule has 0 aliphatic heterocycles. The van der Waals surface area contributed by atoms with Crippen molar-refractivity contribution in [1.82, 2.24) is 14.9 Å². The van der Waals surface area contributed by atoms with Crippen molar-refractivity contribution in [1.29, 1.82) is 0 Å². The molecule has 88 valence electrons. The molecule has 1 heterocycles. The highest BCUT2D eigenvalue weighted by atomic mass is 32.1. The summed E-state index contributed by atoms with van der Waals surface area (Å²) in [6.07, 6.45) is 2.13. The van der Waals surface area contributed by atoms with Gasteiger partial charge in [-0.3, -0.25) is 5.10 Å². The van der Waals surface area contributed by atoms with Crippen molar-refractivity contribution in [3.63, 3.8) is 0 Å². The lowest BCUT2D eigenvalue weighted by molar-refractivity contribution is 0.625. The van der Waals surface area contributed by atoms with E-state index in [9.17, 15) is 4.39 Å². The second-order valence-corrected chi connectivity index (χ2v) is 3.76. The summed E-state index contributed by atoms with van der Waals surface area (Å²) in [7, 11) is 0. The number of rotatable bonds is 3. The Morgan fingerprint density at radius 3 is 3.00 bits per heavy atom. The van der Waals surface area contributed by atoms with Crippen molar-refractivity contribution in [3.8, 4) is 0 Å². The van der Waals surface area contributed by atoms with E-state index in [1.165, 1.54) is 17.0 Å². The minimum Gasteiger partial charge on any atom is -0.250 e. The van der Waals surface area contributed by atoms with Crippen LogP contribution < -0.4 is 0 Å². The van der Waals surface area contributed by atoms with Gasteiger partial charge >= 0.3 is 0 Å². The first-order valence-electron chi connectivity index (χ1n) is 5.17. The van der Waals surface area contributed by atoms with Crippen LogP contribution in [0.4, 0.5) is 4.39 Å². The maximum atomic E-state index is 13.4. The predicted octanol–water partition coefficient (Wildman–Crippen LogP) is 2.52. The van der Waals surface area contributed by atoms with Gasteiger partial charge in [-0.2, -0.15) is 14.9 Å². The standard InChI is InChI=1S/C11H11FN4S/c1-2-10-14-15-11(17)16(10)13-7-8-5-3-4-6-9(8)12/h3-7H,2H2,1H3,(H,15,17)/b13-7+. The molecule has 1 aromatic carbocycles. The molecular weight excluding hydrogens is 239 g/mol. The van der Waals surface area contributed by atoms with Gasteiger partial charge in [0.1, 0.15) is 5.82 Å². The Labute approximate surface area is 103 Å². The summed E-state index contributed by atoms with van der Waals surface area (Å²) in [5.41, 5.74) is 0.414. The van der Waals surface area contributed by atoms with Crippen LogP contribution in [-0.2, 0) is 6.42 Å². The van der Waals surface area contributed by atoms with Gasteiger partial charge in [0.05, 0.1) is 6.21 Å². The first-order chi connectivity index (χ1) is 8.22. The molecule has 4 nitrogen and oxygen atoms in total. The molecule has 1 aromatic heterocycles. The molecular formula is C11H11FN4S. The van der Waals surface area contributed by atoms with Crippen LogP contribution in [0.3, 0.4) is 0 Å². The van der Waals surface area contributed by atoms with Gasteiger partial charge in [0.25, 0.3) is 0 Å². The van der Waals surface area contributed by atoms with E-state index in [2.05, 4.69) is 15.3 Å². The van der Waals surface area contributed by atoms with E-state index in [-0.39, 0.29) is 5.82 Å². The Hall–Kier alpha value is -1.82. The fourth-order valence-corrected chi connectivity index (χ4v) is 1.57. The zero-order valence-electron chi connectivity index (χ0n) is 9.22. The lowest BCUT2D eigenvalue weighted by Crippen LogP contribution is -1.98. The maximum absolute atomic E-state index is 13.4. The Morgan fingerprint density at radius 2 is 2.29 bits per heavy atom. The van der Waals surface area contributed by atoms with Crippen LogP contribution >= 0.6 is 12.2 Å². The van der Waals surface area contributed by atoms with Crippen molar-refractivity contribution in [2.24, 2.45) is 5.10 Å². The molecule has 0 saturated carbocycles. The number of aromatic amines is 1. The third-order valence-corrected chi connectivity index (χ3v) is 2.52. The van der Waals surface area contributed by atoms with Crippen LogP contribution in [0.1, 0.15) is 18.3 Å². The quantitative estimate of drug-likeness (QED) is 0.672. The molecule has 2 rings (SSSR count). The molecule has 0 amide bonds. The summed E-state index contributed by atoms with van der Waals surface area (Å²) in [6.45, 7) is 1.94. The highest BCUT2D eigenvalue weighted by Crippen LogP contribution is 2.04. The van der Waals surface area contributed by atoms with E-state index in [0.717, 1.165) is 0 Å². The number of hydrogen-bond acceptors (Lipinski definition) is 3. The van der Waals surface area contributed by atoms with Gasteiger partial charge in [0, 0.05) is 12.0 Å². The summed E-state index contributed by atoms with van der Waals surface area (Å²) in [4.78, 5) is 0. The number of H-pyrrole nitrogens is 1. The second kappa shape index (κ2) is 5.01. The van der Waals surface area contributed by atoms with Crippen molar-refractivity contribution in [2.75, 3.05) is 0 Å². The largest absolute Gasteiger partial charge is 0.250 e. The van der Waals surface area contributed by atoms with Crippen molar-refractivity contribution in [2.45, 2.75) is 13.3 Å². The van der Waals surface area contributed by atoms with Crippen molar-refractivity contribution < 1.29 is 4.39 Å². The van der Waals surface area contributed by atoms with Crippen molar-refractivity contribution >= 4 is 18.4 Å². The summed E-state index contributed by atoms with van der Waals surface area (Å²) < 4.78 is 15.2. The first kappa shape index (κ1) is 11.7. The lowest BCUT2D eigenvalue weighted by Gasteiger charge is -1.97. The summed E-state index contributed by atoms with van der Waals surface area (Å²) in [5.74, 6) is 0.395.